The molecule has 0 spiro atoms. The molecule has 0 radical (unpaired) electrons. The number of hydrogen-bond donors (Lipinski definition) is 1. The van der Waals surface area contributed by atoms with E-state index in [1.54, 1.807) is 12.1 Å². The van der Waals surface area contributed by atoms with Crippen molar-refractivity contribution in [1.29, 1.82) is 0 Å². The average molecular weight is 308 g/mol. The van der Waals surface area contributed by atoms with E-state index < -0.39 is 5.82 Å². The minimum atomic E-state index is -0.399. The first kappa shape index (κ1) is 14.2. The van der Waals surface area contributed by atoms with Gasteiger partial charge in [0.25, 0.3) is 0 Å². The van der Waals surface area contributed by atoms with E-state index in [1.807, 2.05) is 18.2 Å². The summed E-state index contributed by atoms with van der Waals surface area (Å²) in [5.74, 6) is 1.14. The van der Waals surface area contributed by atoms with Gasteiger partial charge < -0.3 is 14.8 Å². The van der Waals surface area contributed by atoms with E-state index >= 15 is 0 Å². The number of halogens is 2. The maximum Gasteiger partial charge on any atom is 0.231 e. The van der Waals surface area contributed by atoms with E-state index in [4.69, 9.17) is 21.1 Å². The summed E-state index contributed by atoms with van der Waals surface area (Å²) in [6.07, 6.45) is 0. The molecule has 0 fully saturated rings. The predicted molar refractivity (Wildman–Crippen MR) is 79.2 cm³/mol. The van der Waals surface area contributed by atoms with E-state index in [0.29, 0.717) is 6.54 Å². The highest BCUT2D eigenvalue weighted by molar-refractivity contribution is 6.30. The fourth-order valence-corrected chi connectivity index (χ4v) is 2.42. The molecule has 110 valence electrons. The van der Waals surface area contributed by atoms with Crippen LogP contribution in [0.15, 0.2) is 36.4 Å². The van der Waals surface area contributed by atoms with Crippen molar-refractivity contribution in [2.45, 2.75) is 19.5 Å². The van der Waals surface area contributed by atoms with Gasteiger partial charge in [0, 0.05) is 12.6 Å². The zero-order chi connectivity index (χ0) is 14.8. The Morgan fingerprint density at radius 1 is 1.19 bits per heavy atom. The summed E-state index contributed by atoms with van der Waals surface area (Å²) in [6, 6.07) is 10.7. The van der Waals surface area contributed by atoms with Crippen LogP contribution in [0.2, 0.25) is 5.02 Å². The lowest BCUT2D eigenvalue weighted by Gasteiger charge is -2.15. The van der Waals surface area contributed by atoms with Crippen LogP contribution in [-0.4, -0.2) is 6.79 Å². The number of fused-ring (bicyclic) bond motifs is 1. The normalized spacial score (nSPS) is 14.2. The van der Waals surface area contributed by atoms with Gasteiger partial charge in [0.05, 0.1) is 5.02 Å². The maximum absolute atomic E-state index is 13.1. The number of nitrogens with one attached hydrogen (secondary N) is 1. The summed E-state index contributed by atoms with van der Waals surface area (Å²) in [5, 5.41) is 3.52. The van der Waals surface area contributed by atoms with Crippen molar-refractivity contribution < 1.29 is 13.9 Å². The molecule has 5 heteroatoms. The molecule has 1 unspecified atom stereocenters. The van der Waals surface area contributed by atoms with Crippen LogP contribution in [-0.2, 0) is 6.54 Å². The second kappa shape index (κ2) is 5.92. The molecule has 2 aromatic rings. The van der Waals surface area contributed by atoms with Gasteiger partial charge in [0.15, 0.2) is 11.5 Å². The fourth-order valence-electron chi connectivity index (χ4n) is 2.22. The van der Waals surface area contributed by atoms with Crippen LogP contribution in [0.1, 0.15) is 24.1 Å². The Morgan fingerprint density at radius 3 is 2.81 bits per heavy atom. The molecule has 1 aliphatic heterocycles. The Kier molecular flexibility index (Phi) is 3.99. The van der Waals surface area contributed by atoms with Gasteiger partial charge in [-0.25, -0.2) is 4.39 Å². The van der Waals surface area contributed by atoms with Crippen LogP contribution in [0, 0.1) is 5.82 Å². The summed E-state index contributed by atoms with van der Waals surface area (Å²) < 4.78 is 23.8. The molecule has 0 saturated heterocycles. The molecular formula is C16H15ClFNO2. The zero-order valence-corrected chi connectivity index (χ0v) is 12.3. The van der Waals surface area contributed by atoms with Gasteiger partial charge in [-0.15, -0.1) is 0 Å². The van der Waals surface area contributed by atoms with E-state index in [1.165, 1.54) is 6.07 Å². The Labute approximate surface area is 127 Å². The number of benzene rings is 2. The lowest BCUT2D eigenvalue weighted by molar-refractivity contribution is 0.174. The van der Waals surface area contributed by atoms with Gasteiger partial charge in [0.2, 0.25) is 6.79 Å². The van der Waals surface area contributed by atoms with E-state index in [9.17, 15) is 4.39 Å². The van der Waals surface area contributed by atoms with Crippen molar-refractivity contribution in [2.24, 2.45) is 0 Å². The summed E-state index contributed by atoms with van der Waals surface area (Å²) in [7, 11) is 0. The summed E-state index contributed by atoms with van der Waals surface area (Å²) >= 11 is 5.78. The number of hydrogen-bond acceptors (Lipinski definition) is 3. The molecule has 1 N–H and O–H groups in total. The topological polar surface area (TPSA) is 30.5 Å². The molecule has 3 nitrogen and oxygen atoms in total. The molecule has 0 bridgehead atoms. The van der Waals surface area contributed by atoms with Crippen LogP contribution >= 0.6 is 11.6 Å². The highest BCUT2D eigenvalue weighted by Gasteiger charge is 2.15. The third kappa shape index (κ3) is 3.12. The van der Waals surface area contributed by atoms with Gasteiger partial charge in [0.1, 0.15) is 5.82 Å². The Balaban J connectivity index is 1.66. The smallest absolute Gasteiger partial charge is 0.231 e. The van der Waals surface area contributed by atoms with Gasteiger partial charge in [-0.2, -0.15) is 0 Å². The molecule has 21 heavy (non-hydrogen) atoms. The first-order valence-electron chi connectivity index (χ1n) is 6.70. The lowest BCUT2D eigenvalue weighted by atomic mass is 10.1. The fraction of sp³-hybridized carbons (Fsp3) is 0.250. The first-order valence-corrected chi connectivity index (χ1v) is 7.08. The highest BCUT2D eigenvalue weighted by Crippen LogP contribution is 2.34. The monoisotopic (exact) mass is 307 g/mol. The van der Waals surface area contributed by atoms with Crippen LogP contribution in [0.25, 0.3) is 0 Å². The summed E-state index contributed by atoms with van der Waals surface area (Å²) in [4.78, 5) is 0. The molecule has 0 saturated carbocycles. The second-order valence-corrected chi connectivity index (χ2v) is 5.37. The minimum Gasteiger partial charge on any atom is -0.454 e. The standard InChI is InChI=1S/C16H15ClFNO2/c1-10(12-3-5-15-16(7-12)21-9-20-15)19-8-11-2-4-14(18)13(17)6-11/h2-7,10,19H,8-9H2,1H3. The van der Waals surface area contributed by atoms with Crippen molar-refractivity contribution in [1.82, 2.24) is 5.32 Å². The highest BCUT2D eigenvalue weighted by atomic mass is 35.5. The average Bonchev–Trinajstić information content (AvgIpc) is 2.95. The van der Waals surface area contributed by atoms with Gasteiger partial charge >= 0.3 is 0 Å². The molecule has 1 heterocycles. The van der Waals surface area contributed by atoms with Crippen LogP contribution in [0.4, 0.5) is 4.39 Å². The zero-order valence-electron chi connectivity index (χ0n) is 11.5. The molecule has 1 aliphatic rings. The Bertz CT molecular complexity index is 663. The summed E-state index contributed by atoms with van der Waals surface area (Å²) in [5.41, 5.74) is 2.04. The van der Waals surface area contributed by atoms with E-state index in [-0.39, 0.29) is 17.9 Å². The molecule has 2 aromatic carbocycles. The third-order valence-corrected chi connectivity index (χ3v) is 3.78. The minimum absolute atomic E-state index is 0.128. The largest absolute Gasteiger partial charge is 0.454 e. The quantitative estimate of drug-likeness (QED) is 0.924. The molecule has 0 amide bonds. The van der Waals surface area contributed by atoms with E-state index in [2.05, 4.69) is 12.2 Å². The van der Waals surface area contributed by atoms with Crippen LogP contribution < -0.4 is 14.8 Å². The van der Waals surface area contributed by atoms with Gasteiger partial charge in [-0.05, 0) is 42.3 Å². The molecule has 0 aliphatic carbocycles. The van der Waals surface area contributed by atoms with Crippen molar-refractivity contribution >= 4 is 11.6 Å². The van der Waals surface area contributed by atoms with Crippen molar-refractivity contribution in [2.75, 3.05) is 6.79 Å². The van der Waals surface area contributed by atoms with Gasteiger partial charge in [-0.3, -0.25) is 0 Å². The number of rotatable bonds is 4. The molecule has 0 aromatic heterocycles. The molecular weight excluding hydrogens is 293 g/mol. The van der Waals surface area contributed by atoms with Crippen molar-refractivity contribution in [3.05, 3.63) is 58.4 Å². The third-order valence-electron chi connectivity index (χ3n) is 3.49. The maximum atomic E-state index is 13.1. The first-order chi connectivity index (χ1) is 10.1. The van der Waals surface area contributed by atoms with Crippen molar-refractivity contribution in [3.63, 3.8) is 0 Å². The second-order valence-electron chi connectivity index (χ2n) is 4.96. The lowest BCUT2D eigenvalue weighted by Crippen LogP contribution is -2.18. The molecule has 3 rings (SSSR count). The Morgan fingerprint density at radius 2 is 2.00 bits per heavy atom. The van der Waals surface area contributed by atoms with E-state index in [0.717, 1.165) is 22.6 Å². The van der Waals surface area contributed by atoms with Crippen LogP contribution in [0.3, 0.4) is 0 Å². The van der Waals surface area contributed by atoms with Gasteiger partial charge in [-0.1, -0.05) is 23.7 Å². The predicted octanol–water partition coefficient (Wildman–Crippen LogP) is 4.06. The van der Waals surface area contributed by atoms with Crippen molar-refractivity contribution in [3.8, 4) is 11.5 Å². The number of ether oxygens (including phenoxy) is 2. The van der Waals surface area contributed by atoms with Crippen LogP contribution in [0.5, 0.6) is 11.5 Å². The Hall–Kier alpha value is -1.78. The summed E-state index contributed by atoms with van der Waals surface area (Å²) in [6.45, 7) is 2.94. The molecule has 1 atom stereocenters. The SMILES string of the molecule is CC(NCc1ccc(F)c(Cl)c1)c1ccc2c(c1)OCO2.